The number of fused-ring (bicyclic) bond motifs is 1. The Morgan fingerprint density at radius 1 is 1.00 bits per heavy atom. The number of hydrogen-bond donors (Lipinski definition) is 3. The van der Waals surface area contributed by atoms with Gasteiger partial charge in [-0.3, -0.25) is 9.59 Å². The van der Waals surface area contributed by atoms with Gasteiger partial charge in [0.1, 0.15) is 5.82 Å². The highest BCUT2D eigenvalue weighted by Gasteiger charge is 2.13. The van der Waals surface area contributed by atoms with Crippen molar-refractivity contribution in [3.8, 4) is 11.5 Å². The number of H-pyrrole nitrogens is 1. The Labute approximate surface area is 195 Å². The molecule has 0 saturated heterocycles. The molecule has 1 heterocycles. The Morgan fingerprint density at radius 3 is 2.59 bits per heavy atom. The summed E-state index contributed by atoms with van der Waals surface area (Å²) in [4.78, 5) is 27.9. The van der Waals surface area contributed by atoms with E-state index in [-0.39, 0.29) is 18.3 Å². The molecule has 0 atom stereocenters. The van der Waals surface area contributed by atoms with Gasteiger partial charge in [-0.2, -0.15) is 0 Å². The number of nitrogens with one attached hydrogen (secondary N) is 3. The molecule has 0 aliphatic heterocycles. The van der Waals surface area contributed by atoms with Crippen LogP contribution in [-0.2, 0) is 11.2 Å². The van der Waals surface area contributed by atoms with Crippen molar-refractivity contribution in [2.45, 2.75) is 6.42 Å². The van der Waals surface area contributed by atoms with Crippen LogP contribution in [0.2, 0.25) is 0 Å². The first-order valence-corrected chi connectivity index (χ1v) is 10.7. The van der Waals surface area contributed by atoms with Crippen LogP contribution in [-0.4, -0.2) is 37.1 Å². The molecule has 0 aliphatic carbocycles. The summed E-state index contributed by atoms with van der Waals surface area (Å²) in [6, 6.07) is 18.2. The number of hydrogen-bond acceptors (Lipinski definition) is 4. The van der Waals surface area contributed by atoms with Crippen LogP contribution in [0.3, 0.4) is 0 Å². The highest BCUT2D eigenvalue weighted by molar-refractivity contribution is 5.95. The Balaban J connectivity index is 1.31. The number of benzene rings is 3. The summed E-state index contributed by atoms with van der Waals surface area (Å²) in [5.74, 6) is -0.376. The average molecular weight is 461 g/mol. The maximum absolute atomic E-state index is 13.0. The number of aromatic nitrogens is 1. The van der Waals surface area contributed by atoms with Gasteiger partial charge in [0.2, 0.25) is 0 Å². The lowest BCUT2D eigenvalue weighted by Crippen LogP contribution is -2.25. The van der Waals surface area contributed by atoms with E-state index in [4.69, 9.17) is 9.47 Å². The van der Waals surface area contributed by atoms with Gasteiger partial charge in [-0.15, -0.1) is 0 Å². The van der Waals surface area contributed by atoms with Gasteiger partial charge < -0.3 is 25.1 Å². The predicted molar refractivity (Wildman–Crippen MR) is 128 cm³/mol. The number of anilines is 1. The van der Waals surface area contributed by atoms with Crippen LogP contribution in [0, 0.1) is 5.82 Å². The molecule has 4 aromatic rings. The number of rotatable bonds is 9. The smallest absolute Gasteiger partial charge is 0.262 e. The fraction of sp³-hybridized carbons (Fsp3) is 0.154. The van der Waals surface area contributed by atoms with Gasteiger partial charge in [0, 0.05) is 34.9 Å². The molecule has 0 spiro atoms. The molecule has 0 saturated carbocycles. The number of halogens is 1. The van der Waals surface area contributed by atoms with E-state index in [0.29, 0.717) is 35.7 Å². The zero-order valence-electron chi connectivity index (χ0n) is 18.6. The van der Waals surface area contributed by atoms with Gasteiger partial charge in [0.15, 0.2) is 18.1 Å². The van der Waals surface area contributed by atoms with Crippen LogP contribution in [0.5, 0.6) is 11.5 Å². The Bertz CT molecular complexity index is 1300. The number of amides is 2. The largest absolute Gasteiger partial charge is 0.493 e. The summed E-state index contributed by atoms with van der Waals surface area (Å²) in [5, 5.41) is 6.67. The Hall–Kier alpha value is -4.33. The molecule has 4 rings (SSSR count). The number of ether oxygens (including phenoxy) is 2. The molecular formula is C26H24FN3O4. The van der Waals surface area contributed by atoms with E-state index in [2.05, 4.69) is 15.6 Å². The molecular weight excluding hydrogens is 437 g/mol. The van der Waals surface area contributed by atoms with Crippen LogP contribution in [0.25, 0.3) is 10.9 Å². The van der Waals surface area contributed by atoms with Gasteiger partial charge in [-0.25, -0.2) is 4.39 Å². The molecule has 0 aliphatic rings. The molecule has 7 nitrogen and oxygen atoms in total. The zero-order valence-corrected chi connectivity index (χ0v) is 18.6. The number of carbonyl (C=O) groups excluding carboxylic acids is 2. The highest BCUT2D eigenvalue weighted by atomic mass is 19.1. The topological polar surface area (TPSA) is 92.4 Å². The lowest BCUT2D eigenvalue weighted by molar-refractivity contribution is -0.118. The van der Waals surface area contributed by atoms with Crippen LogP contribution in [0.4, 0.5) is 10.1 Å². The quantitative estimate of drug-likeness (QED) is 0.346. The van der Waals surface area contributed by atoms with Crippen LogP contribution in [0.1, 0.15) is 15.9 Å². The van der Waals surface area contributed by atoms with E-state index in [9.17, 15) is 14.0 Å². The van der Waals surface area contributed by atoms with Crippen molar-refractivity contribution in [1.82, 2.24) is 10.3 Å². The lowest BCUT2D eigenvalue weighted by atomic mass is 10.1. The first-order valence-electron chi connectivity index (χ1n) is 10.7. The Kier molecular flexibility index (Phi) is 7.07. The second-order valence-corrected chi connectivity index (χ2v) is 7.57. The first kappa shape index (κ1) is 22.8. The molecule has 0 unspecified atom stereocenters. The van der Waals surface area contributed by atoms with Crippen molar-refractivity contribution < 1.29 is 23.5 Å². The molecule has 0 fully saturated rings. The molecule has 2 amide bonds. The SMILES string of the molecule is COc1cc(C(=O)NCCc2c[nH]c3ccccc23)ccc1OCC(=O)Nc1ccc(F)cc1. The van der Waals surface area contributed by atoms with Crippen LogP contribution >= 0.6 is 0 Å². The Morgan fingerprint density at radius 2 is 1.79 bits per heavy atom. The molecule has 1 aromatic heterocycles. The van der Waals surface area contributed by atoms with Gasteiger partial charge in [-0.05, 0) is 60.5 Å². The summed E-state index contributed by atoms with van der Waals surface area (Å²) in [6.07, 6.45) is 2.65. The molecule has 34 heavy (non-hydrogen) atoms. The first-order chi connectivity index (χ1) is 16.5. The zero-order chi connectivity index (χ0) is 23.9. The minimum Gasteiger partial charge on any atom is -0.493 e. The predicted octanol–water partition coefficient (Wildman–Crippen LogP) is 4.31. The van der Waals surface area contributed by atoms with Crippen molar-refractivity contribution >= 4 is 28.4 Å². The van der Waals surface area contributed by atoms with E-state index >= 15 is 0 Å². The second kappa shape index (κ2) is 10.5. The lowest BCUT2D eigenvalue weighted by Gasteiger charge is -2.12. The summed E-state index contributed by atoms with van der Waals surface area (Å²) >= 11 is 0. The maximum atomic E-state index is 13.0. The summed E-state index contributed by atoms with van der Waals surface area (Å²) in [5.41, 5.74) is 3.08. The number of aromatic amines is 1. The third kappa shape index (κ3) is 5.53. The summed E-state index contributed by atoms with van der Waals surface area (Å²) in [7, 11) is 1.46. The maximum Gasteiger partial charge on any atom is 0.262 e. The summed E-state index contributed by atoms with van der Waals surface area (Å²) < 4.78 is 23.8. The fourth-order valence-electron chi connectivity index (χ4n) is 3.55. The second-order valence-electron chi connectivity index (χ2n) is 7.57. The summed E-state index contributed by atoms with van der Waals surface area (Å²) in [6.45, 7) is 0.203. The van der Waals surface area contributed by atoms with Crippen LogP contribution < -0.4 is 20.1 Å². The number of methoxy groups -OCH3 is 1. The minimum absolute atomic E-state index is 0.237. The third-order valence-electron chi connectivity index (χ3n) is 5.27. The average Bonchev–Trinajstić information content (AvgIpc) is 3.27. The monoisotopic (exact) mass is 461 g/mol. The van der Waals surface area contributed by atoms with Crippen LogP contribution in [0.15, 0.2) is 72.9 Å². The highest BCUT2D eigenvalue weighted by Crippen LogP contribution is 2.28. The third-order valence-corrected chi connectivity index (χ3v) is 5.27. The van der Waals surface area contributed by atoms with Crippen molar-refractivity contribution in [3.05, 3.63) is 89.9 Å². The van der Waals surface area contributed by atoms with Gasteiger partial charge in [0.25, 0.3) is 11.8 Å². The standard InChI is InChI=1S/C26H24FN3O4/c1-33-24-14-17(26(32)28-13-12-18-15-29-22-5-3-2-4-21(18)22)6-11-23(24)34-16-25(31)30-20-9-7-19(27)8-10-20/h2-11,14-15,29H,12-13,16H2,1H3,(H,28,32)(H,30,31). The normalized spacial score (nSPS) is 10.6. The van der Waals surface area contributed by atoms with Gasteiger partial charge >= 0.3 is 0 Å². The van der Waals surface area contributed by atoms with Crippen molar-refractivity contribution in [2.24, 2.45) is 0 Å². The fourth-order valence-corrected chi connectivity index (χ4v) is 3.55. The number of para-hydroxylation sites is 1. The molecule has 8 heteroatoms. The van der Waals surface area contributed by atoms with E-state index in [0.717, 1.165) is 16.5 Å². The van der Waals surface area contributed by atoms with E-state index in [1.807, 2.05) is 30.5 Å². The van der Waals surface area contributed by atoms with E-state index in [1.54, 1.807) is 18.2 Å². The van der Waals surface area contributed by atoms with E-state index in [1.165, 1.54) is 31.4 Å². The van der Waals surface area contributed by atoms with Gasteiger partial charge in [0.05, 0.1) is 7.11 Å². The minimum atomic E-state index is -0.409. The molecule has 3 aromatic carbocycles. The van der Waals surface area contributed by atoms with Crippen molar-refractivity contribution in [2.75, 3.05) is 25.6 Å². The van der Waals surface area contributed by atoms with Crippen molar-refractivity contribution in [3.63, 3.8) is 0 Å². The molecule has 174 valence electrons. The van der Waals surface area contributed by atoms with Crippen molar-refractivity contribution in [1.29, 1.82) is 0 Å². The molecule has 0 radical (unpaired) electrons. The number of carbonyl (C=O) groups is 2. The van der Waals surface area contributed by atoms with E-state index < -0.39 is 5.91 Å². The molecule has 0 bridgehead atoms. The molecule has 3 N–H and O–H groups in total. The van der Waals surface area contributed by atoms with Gasteiger partial charge in [-0.1, -0.05) is 18.2 Å².